The summed E-state index contributed by atoms with van der Waals surface area (Å²) in [6.45, 7) is 0. The van der Waals surface area contributed by atoms with Crippen molar-refractivity contribution >= 4 is 73.2 Å². The van der Waals surface area contributed by atoms with E-state index in [0.29, 0.717) is 20.9 Å². The normalized spacial score (nSPS) is 27.4. The van der Waals surface area contributed by atoms with E-state index in [1.807, 2.05) is 0 Å². The summed E-state index contributed by atoms with van der Waals surface area (Å²) in [5.41, 5.74) is 0.578. The number of amides is 1. The Morgan fingerprint density at radius 3 is 2.74 bits per heavy atom. The summed E-state index contributed by atoms with van der Waals surface area (Å²) < 4.78 is 23.8. The van der Waals surface area contributed by atoms with Crippen molar-refractivity contribution in [3.8, 4) is 0 Å². The van der Waals surface area contributed by atoms with Crippen LogP contribution in [-0.4, -0.2) is 48.2 Å². The smallest absolute Gasteiger partial charge is 0.262 e. The minimum Gasteiger partial charge on any atom is -0.314 e. The number of alkyl halides is 1. The first-order valence-corrected chi connectivity index (χ1v) is 10.6. The number of halogens is 3. The van der Waals surface area contributed by atoms with Crippen LogP contribution >= 0.6 is 46.6 Å². The number of nitrogens with zero attached hydrogens (tertiary/aromatic N) is 2. The van der Waals surface area contributed by atoms with E-state index in [4.69, 9.17) is 34.8 Å². The van der Waals surface area contributed by atoms with Gasteiger partial charge in [0.2, 0.25) is 0 Å². The maximum Gasteiger partial charge on any atom is 0.262 e. The lowest BCUT2D eigenvalue weighted by molar-refractivity contribution is -0.115. The van der Waals surface area contributed by atoms with Crippen LogP contribution in [0, 0.1) is 0 Å². The molecule has 10 heteroatoms. The van der Waals surface area contributed by atoms with Crippen molar-refractivity contribution in [2.45, 2.75) is 11.3 Å². The Morgan fingerprint density at radius 2 is 2.09 bits per heavy atom. The van der Waals surface area contributed by atoms with Crippen LogP contribution in [0.15, 0.2) is 23.2 Å². The summed E-state index contributed by atoms with van der Waals surface area (Å²) in [4.78, 5) is 17.3. The fourth-order valence-corrected chi connectivity index (χ4v) is 7.14. The fourth-order valence-electron chi connectivity index (χ4n) is 2.66. The summed E-state index contributed by atoms with van der Waals surface area (Å²) in [5.74, 6) is -0.664. The van der Waals surface area contributed by atoms with Gasteiger partial charge in [-0.1, -0.05) is 35.0 Å². The molecule has 124 valence electrons. The van der Waals surface area contributed by atoms with Gasteiger partial charge in [0.15, 0.2) is 15.0 Å². The third-order valence-electron chi connectivity index (χ3n) is 3.57. The van der Waals surface area contributed by atoms with Crippen molar-refractivity contribution in [2.75, 3.05) is 22.3 Å². The Hall–Kier alpha value is -0.470. The molecule has 0 bridgehead atoms. The number of carbonyl (C=O) groups excluding carboxylic acids is 1. The highest BCUT2D eigenvalue weighted by Gasteiger charge is 2.49. The molecule has 0 radical (unpaired) electrons. The van der Waals surface area contributed by atoms with E-state index in [2.05, 4.69) is 4.99 Å². The van der Waals surface area contributed by atoms with E-state index in [9.17, 15) is 13.2 Å². The van der Waals surface area contributed by atoms with E-state index >= 15 is 0 Å². The third-order valence-corrected chi connectivity index (χ3v) is 7.55. The van der Waals surface area contributed by atoms with Crippen LogP contribution in [0.4, 0.5) is 5.69 Å². The Kier molecular flexibility index (Phi) is 4.86. The lowest BCUT2D eigenvalue weighted by Crippen LogP contribution is -2.38. The highest BCUT2D eigenvalue weighted by atomic mass is 35.5. The molecule has 1 aromatic carbocycles. The molecule has 0 N–H and O–H groups in total. The van der Waals surface area contributed by atoms with Gasteiger partial charge in [0.1, 0.15) is 5.88 Å². The van der Waals surface area contributed by atoms with Crippen molar-refractivity contribution in [3.05, 3.63) is 28.2 Å². The number of hydrogen-bond donors (Lipinski definition) is 0. The second kappa shape index (κ2) is 6.44. The molecule has 2 aliphatic rings. The van der Waals surface area contributed by atoms with Crippen LogP contribution in [0.25, 0.3) is 0 Å². The predicted octanol–water partition coefficient (Wildman–Crippen LogP) is 2.83. The molecule has 2 aliphatic heterocycles. The van der Waals surface area contributed by atoms with Crippen LogP contribution < -0.4 is 4.90 Å². The van der Waals surface area contributed by atoms with Crippen molar-refractivity contribution < 1.29 is 13.2 Å². The largest absolute Gasteiger partial charge is 0.314 e. The highest BCUT2D eigenvalue weighted by molar-refractivity contribution is 8.16. The fraction of sp³-hybridized carbons (Fsp3) is 0.385. The Bertz CT molecular complexity index is 798. The van der Waals surface area contributed by atoms with E-state index < -0.39 is 15.7 Å². The molecule has 1 amide bonds. The number of hydrogen-bond acceptors (Lipinski definition) is 4. The van der Waals surface area contributed by atoms with Crippen LogP contribution in [0.3, 0.4) is 0 Å². The number of anilines is 1. The molecule has 2 saturated heterocycles. The molecule has 23 heavy (non-hydrogen) atoms. The molecule has 5 nitrogen and oxygen atoms in total. The number of amidine groups is 1. The summed E-state index contributed by atoms with van der Waals surface area (Å²) in [5, 5.41) is 1.07. The van der Waals surface area contributed by atoms with E-state index in [1.54, 1.807) is 23.1 Å². The molecule has 1 aromatic rings. The molecular formula is C13H11Cl3N2O3S2. The molecule has 0 aliphatic carbocycles. The number of aliphatic imine (C=N–C) groups is 1. The van der Waals surface area contributed by atoms with Crippen molar-refractivity contribution in [1.29, 1.82) is 0 Å². The lowest BCUT2D eigenvalue weighted by Gasteiger charge is -2.25. The lowest BCUT2D eigenvalue weighted by atomic mass is 10.2. The zero-order valence-corrected chi connectivity index (χ0v) is 15.5. The molecular weight excluding hydrogens is 403 g/mol. The number of benzene rings is 1. The molecule has 0 aromatic heterocycles. The monoisotopic (exact) mass is 412 g/mol. The van der Waals surface area contributed by atoms with Crippen molar-refractivity contribution in [3.63, 3.8) is 0 Å². The van der Waals surface area contributed by atoms with Gasteiger partial charge in [-0.3, -0.25) is 4.79 Å². The van der Waals surface area contributed by atoms with Gasteiger partial charge in [-0.15, -0.1) is 11.6 Å². The van der Waals surface area contributed by atoms with Gasteiger partial charge in [-0.2, -0.15) is 4.99 Å². The van der Waals surface area contributed by atoms with Crippen LogP contribution in [0.5, 0.6) is 0 Å². The number of sulfone groups is 1. The van der Waals surface area contributed by atoms with Gasteiger partial charge in [-0.25, -0.2) is 8.42 Å². The molecule has 0 saturated carbocycles. The number of thioether (sulfide) groups is 1. The van der Waals surface area contributed by atoms with Gasteiger partial charge in [-0.05, 0) is 18.2 Å². The summed E-state index contributed by atoms with van der Waals surface area (Å²) in [6, 6.07) is 4.61. The second-order valence-corrected chi connectivity index (χ2v) is 9.66. The van der Waals surface area contributed by atoms with Gasteiger partial charge in [0.25, 0.3) is 5.91 Å². The topological polar surface area (TPSA) is 66.8 Å². The summed E-state index contributed by atoms with van der Waals surface area (Å²) in [7, 11) is -3.12. The van der Waals surface area contributed by atoms with Crippen LogP contribution in [-0.2, 0) is 14.6 Å². The van der Waals surface area contributed by atoms with Crippen LogP contribution in [0.2, 0.25) is 10.0 Å². The average molecular weight is 414 g/mol. The average Bonchev–Trinajstić information content (AvgIpc) is 2.91. The molecule has 0 spiro atoms. The Labute approximate surface area is 152 Å². The zero-order chi connectivity index (χ0) is 16.8. The minimum atomic E-state index is -3.12. The first-order valence-electron chi connectivity index (χ1n) is 6.59. The van der Waals surface area contributed by atoms with Crippen molar-refractivity contribution in [2.24, 2.45) is 4.99 Å². The van der Waals surface area contributed by atoms with Crippen molar-refractivity contribution in [1.82, 2.24) is 0 Å². The van der Waals surface area contributed by atoms with Crippen LogP contribution in [0.1, 0.15) is 0 Å². The summed E-state index contributed by atoms with van der Waals surface area (Å²) in [6.07, 6.45) is 0. The first-order chi connectivity index (χ1) is 10.8. The first kappa shape index (κ1) is 17.4. The maximum absolute atomic E-state index is 11.9. The number of carbonyl (C=O) groups is 1. The zero-order valence-electron chi connectivity index (χ0n) is 11.6. The van der Waals surface area contributed by atoms with E-state index in [-0.39, 0.29) is 28.7 Å². The Morgan fingerprint density at radius 1 is 1.35 bits per heavy atom. The minimum absolute atomic E-state index is 0.00227. The molecule has 2 atom stereocenters. The van der Waals surface area contributed by atoms with E-state index in [1.165, 1.54) is 11.8 Å². The molecule has 2 unspecified atom stereocenters. The molecule has 2 fully saturated rings. The SMILES string of the molecule is O=C(CCl)N=C1SC2CS(=O)(=O)CC2N1c1ccc(Cl)cc1Cl. The number of rotatable bonds is 2. The van der Waals surface area contributed by atoms with Gasteiger partial charge < -0.3 is 4.90 Å². The molecule has 2 heterocycles. The van der Waals surface area contributed by atoms with Gasteiger partial charge in [0.05, 0.1) is 28.3 Å². The second-order valence-electron chi connectivity index (χ2n) is 5.19. The standard InChI is InChI=1S/C13H11Cl3N2O3S2/c14-4-12(19)17-13-18(9-2-1-7(15)3-8(9)16)10-5-23(20,21)6-11(10)22-13/h1-3,10-11H,4-6H2. The van der Waals surface area contributed by atoms with E-state index in [0.717, 1.165) is 0 Å². The van der Waals surface area contributed by atoms with Gasteiger partial charge in [0, 0.05) is 10.3 Å². The molecule has 3 rings (SSSR count). The quantitative estimate of drug-likeness (QED) is 0.698. The Balaban J connectivity index is 2.06. The highest BCUT2D eigenvalue weighted by Crippen LogP contribution is 2.43. The predicted molar refractivity (Wildman–Crippen MR) is 95.9 cm³/mol. The number of fused-ring (bicyclic) bond motifs is 1. The third kappa shape index (κ3) is 3.49. The van der Waals surface area contributed by atoms with Gasteiger partial charge >= 0.3 is 0 Å². The maximum atomic E-state index is 11.9. The summed E-state index contributed by atoms with van der Waals surface area (Å²) >= 11 is 19.0.